The van der Waals surface area contributed by atoms with E-state index in [0.717, 1.165) is 34.9 Å². The molecule has 0 aromatic heterocycles. The van der Waals surface area contributed by atoms with Gasteiger partial charge in [-0.15, -0.1) is 0 Å². The van der Waals surface area contributed by atoms with Gasteiger partial charge in [-0.3, -0.25) is 4.79 Å². The van der Waals surface area contributed by atoms with Gasteiger partial charge in [0.1, 0.15) is 0 Å². The standard InChI is InChI=1S/C23H17NO/c25-23(24-19-12-10-15-4-1-2-5-18(15)14-19)21-13-11-17-9-8-16-6-3-7-20(21)22(16)17/h1-7,10-14H,8-9H2,(H,24,25). The largest absolute Gasteiger partial charge is 0.322 e. The predicted molar refractivity (Wildman–Crippen MR) is 103 cm³/mol. The second kappa shape index (κ2) is 5.45. The second-order valence-corrected chi connectivity index (χ2v) is 6.63. The Hall–Kier alpha value is -3.13. The van der Waals surface area contributed by atoms with Crippen molar-refractivity contribution in [3.8, 4) is 0 Å². The molecule has 0 atom stereocenters. The molecule has 1 aliphatic carbocycles. The van der Waals surface area contributed by atoms with E-state index in [1.807, 2.05) is 36.4 Å². The molecular formula is C23H17NO. The van der Waals surface area contributed by atoms with Crippen LogP contribution in [-0.4, -0.2) is 5.91 Å². The van der Waals surface area contributed by atoms with Crippen LogP contribution in [0.25, 0.3) is 21.5 Å². The van der Waals surface area contributed by atoms with E-state index in [9.17, 15) is 4.79 Å². The van der Waals surface area contributed by atoms with E-state index in [2.05, 4.69) is 41.7 Å². The summed E-state index contributed by atoms with van der Waals surface area (Å²) in [7, 11) is 0. The number of amides is 1. The normalized spacial score (nSPS) is 12.6. The van der Waals surface area contributed by atoms with Crippen molar-refractivity contribution in [3.63, 3.8) is 0 Å². The van der Waals surface area contributed by atoms with E-state index in [4.69, 9.17) is 0 Å². The molecule has 0 saturated heterocycles. The van der Waals surface area contributed by atoms with Gasteiger partial charge in [-0.1, -0.05) is 54.6 Å². The van der Waals surface area contributed by atoms with E-state index in [-0.39, 0.29) is 5.91 Å². The van der Waals surface area contributed by atoms with E-state index < -0.39 is 0 Å². The number of anilines is 1. The zero-order valence-corrected chi connectivity index (χ0v) is 13.8. The van der Waals surface area contributed by atoms with Crippen LogP contribution in [-0.2, 0) is 12.8 Å². The van der Waals surface area contributed by atoms with Crippen molar-refractivity contribution in [1.29, 1.82) is 0 Å². The van der Waals surface area contributed by atoms with Crippen LogP contribution >= 0.6 is 0 Å². The average Bonchev–Trinajstić information content (AvgIpc) is 3.07. The summed E-state index contributed by atoms with van der Waals surface area (Å²) >= 11 is 0. The topological polar surface area (TPSA) is 29.1 Å². The number of aryl methyl sites for hydroxylation is 2. The Labute approximate surface area is 146 Å². The molecule has 25 heavy (non-hydrogen) atoms. The minimum Gasteiger partial charge on any atom is -0.322 e. The molecule has 0 spiro atoms. The summed E-state index contributed by atoms with van der Waals surface area (Å²) in [6.45, 7) is 0. The maximum absolute atomic E-state index is 12.9. The molecule has 2 nitrogen and oxygen atoms in total. The number of benzene rings is 4. The van der Waals surface area contributed by atoms with Crippen LogP contribution in [0.4, 0.5) is 5.69 Å². The quantitative estimate of drug-likeness (QED) is 0.530. The molecule has 0 saturated carbocycles. The Kier molecular flexibility index (Phi) is 3.10. The highest BCUT2D eigenvalue weighted by Crippen LogP contribution is 2.33. The van der Waals surface area contributed by atoms with Crippen molar-refractivity contribution in [2.45, 2.75) is 12.8 Å². The smallest absolute Gasteiger partial charge is 0.256 e. The summed E-state index contributed by atoms with van der Waals surface area (Å²) < 4.78 is 0. The Bertz CT molecular complexity index is 1130. The van der Waals surface area contributed by atoms with Gasteiger partial charge in [-0.05, 0) is 63.7 Å². The molecule has 1 aliphatic rings. The zero-order chi connectivity index (χ0) is 16.8. The van der Waals surface area contributed by atoms with Gasteiger partial charge in [0.05, 0.1) is 0 Å². The lowest BCUT2D eigenvalue weighted by atomic mass is 9.99. The van der Waals surface area contributed by atoms with Crippen LogP contribution in [0.3, 0.4) is 0 Å². The third-order valence-electron chi connectivity index (χ3n) is 5.13. The fourth-order valence-electron chi connectivity index (χ4n) is 3.91. The van der Waals surface area contributed by atoms with Crippen molar-refractivity contribution >= 4 is 33.1 Å². The Morgan fingerprint density at radius 1 is 0.760 bits per heavy atom. The zero-order valence-electron chi connectivity index (χ0n) is 13.8. The van der Waals surface area contributed by atoms with Crippen LogP contribution in [0.5, 0.6) is 0 Å². The number of hydrogen-bond acceptors (Lipinski definition) is 1. The molecule has 0 unspecified atom stereocenters. The first-order valence-electron chi connectivity index (χ1n) is 8.63. The van der Waals surface area contributed by atoms with Gasteiger partial charge in [0.2, 0.25) is 0 Å². The molecule has 0 aliphatic heterocycles. The lowest BCUT2D eigenvalue weighted by Gasteiger charge is -2.10. The predicted octanol–water partition coefficient (Wildman–Crippen LogP) is 5.34. The monoisotopic (exact) mass is 323 g/mol. The number of carbonyl (C=O) groups is 1. The maximum atomic E-state index is 12.9. The van der Waals surface area contributed by atoms with Crippen molar-refractivity contribution in [1.82, 2.24) is 0 Å². The first-order valence-corrected chi connectivity index (χ1v) is 8.63. The van der Waals surface area contributed by atoms with Crippen molar-refractivity contribution in [2.24, 2.45) is 0 Å². The van der Waals surface area contributed by atoms with Gasteiger partial charge < -0.3 is 5.32 Å². The van der Waals surface area contributed by atoms with E-state index in [1.165, 1.54) is 21.9 Å². The summed E-state index contributed by atoms with van der Waals surface area (Å²) in [5, 5.41) is 7.69. The van der Waals surface area contributed by atoms with Crippen LogP contribution in [0.1, 0.15) is 21.5 Å². The highest BCUT2D eigenvalue weighted by Gasteiger charge is 2.18. The fraction of sp³-hybridized carbons (Fsp3) is 0.0870. The molecule has 4 aromatic carbocycles. The first-order chi connectivity index (χ1) is 12.3. The molecule has 4 aromatic rings. The Balaban J connectivity index is 1.55. The van der Waals surface area contributed by atoms with Crippen molar-refractivity contribution in [2.75, 3.05) is 5.32 Å². The molecule has 5 rings (SSSR count). The minimum absolute atomic E-state index is 0.0501. The van der Waals surface area contributed by atoms with E-state index >= 15 is 0 Å². The Morgan fingerprint density at radius 3 is 2.44 bits per heavy atom. The summed E-state index contributed by atoms with van der Waals surface area (Å²) in [6.07, 6.45) is 2.14. The van der Waals surface area contributed by atoms with Gasteiger partial charge in [0, 0.05) is 11.3 Å². The van der Waals surface area contributed by atoms with Gasteiger partial charge in [-0.25, -0.2) is 0 Å². The molecule has 0 fully saturated rings. The molecule has 120 valence electrons. The summed E-state index contributed by atoms with van der Waals surface area (Å²) in [6, 6.07) is 24.5. The average molecular weight is 323 g/mol. The summed E-state index contributed by atoms with van der Waals surface area (Å²) in [5.41, 5.74) is 4.28. The molecule has 0 radical (unpaired) electrons. The van der Waals surface area contributed by atoms with E-state index in [1.54, 1.807) is 0 Å². The van der Waals surface area contributed by atoms with Gasteiger partial charge in [-0.2, -0.15) is 0 Å². The van der Waals surface area contributed by atoms with Gasteiger partial charge in [0.25, 0.3) is 5.91 Å². The van der Waals surface area contributed by atoms with Crippen molar-refractivity contribution < 1.29 is 4.79 Å². The third kappa shape index (κ3) is 2.30. The number of carbonyl (C=O) groups excluding carboxylic acids is 1. The van der Waals surface area contributed by atoms with Crippen LogP contribution in [0.15, 0.2) is 72.8 Å². The number of nitrogens with one attached hydrogen (secondary N) is 1. The first kappa shape index (κ1) is 14.2. The maximum Gasteiger partial charge on any atom is 0.256 e. The highest BCUT2D eigenvalue weighted by atomic mass is 16.1. The fourth-order valence-corrected chi connectivity index (χ4v) is 3.91. The second-order valence-electron chi connectivity index (χ2n) is 6.63. The molecular weight excluding hydrogens is 306 g/mol. The third-order valence-corrected chi connectivity index (χ3v) is 5.13. The number of fused-ring (bicyclic) bond motifs is 1. The van der Waals surface area contributed by atoms with Crippen LogP contribution < -0.4 is 5.32 Å². The molecule has 2 heteroatoms. The molecule has 0 heterocycles. The molecule has 0 bridgehead atoms. The summed E-state index contributed by atoms with van der Waals surface area (Å²) in [4.78, 5) is 12.9. The SMILES string of the molecule is O=C(Nc1ccc2ccccc2c1)c1ccc2c3c(cccc13)CC2. The summed E-state index contributed by atoms with van der Waals surface area (Å²) in [5.74, 6) is -0.0501. The highest BCUT2D eigenvalue weighted by molar-refractivity contribution is 6.14. The minimum atomic E-state index is -0.0501. The van der Waals surface area contributed by atoms with Crippen LogP contribution in [0, 0.1) is 0 Å². The number of hydrogen-bond donors (Lipinski definition) is 1. The molecule has 1 N–H and O–H groups in total. The molecule has 1 amide bonds. The lowest BCUT2D eigenvalue weighted by Crippen LogP contribution is -2.12. The van der Waals surface area contributed by atoms with Gasteiger partial charge >= 0.3 is 0 Å². The van der Waals surface area contributed by atoms with Crippen LogP contribution in [0.2, 0.25) is 0 Å². The van der Waals surface area contributed by atoms with Gasteiger partial charge in [0.15, 0.2) is 0 Å². The Morgan fingerprint density at radius 2 is 1.56 bits per heavy atom. The van der Waals surface area contributed by atoms with E-state index in [0.29, 0.717) is 0 Å². The lowest BCUT2D eigenvalue weighted by molar-refractivity contribution is 0.102. The number of rotatable bonds is 2. The van der Waals surface area contributed by atoms with Crippen molar-refractivity contribution in [3.05, 3.63) is 89.5 Å².